The Morgan fingerprint density at radius 1 is 0.900 bits per heavy atom. The number of aliphatic hydroxyl groups is 4. The van der Waals surface area contributed by atoms with Gasteiger partial charge in [-0.2, -0.15) is 0 Å². The van der Waals surface area contributed by atoms with E-state index in [9.17, 15) is 29.2 Å². The van der Waals surface area contributed by atoms with Crippen molar-refractivity contribution in [1.29, 1.82) is 0 Å². The highest BCUT2D eigenvalue weighted by atomic mass is 19.1. The Balaban J connectivity index is 1.98. The van der Waals surface area contributed by atoms with Gasteiger partial charge in [0.1, 0.15) is 36.1 Å². The maximum atomic E-state index is 13.6. The van der Waals surface area contributed by atoms with E-state index >= 15 is 0 Å². The van der Waals surface area contributed by atoms with Crippen LogP contribution in [0.2, 0.25) is 0 Å². The van der Waals surface area contributed by atoms with E-state index in [1.54, 1.807) is 6.07 Å². The molecule has 1 aliphatic rings. The molecule has 0 bridgehead atoms. The van der Waals surface area contributed by atoms with Gasteiger partial charge in [-0.25, -0.2) is 8.78 Å². The van der Waals surface area contributed by atoms with Gasteiger partial charge in [0.25, 0.3) is 0 Å². The van der Waals surface area contributed by atoms with Gasteiger partial charge < -0.3 is 25.2 Å². The Bertz CT molecular complexity index is 866. The fourth-order valence-electron chi connectivity index (χ4n) is 4.29. The fourth-order valence-corrected chi connectivity index (χ4v) is 4.29. The minimum absolute atomic E-state index is 0.0115. The third-order valence-corrected chi connectivity index (χ3v) is 5.83. The second-order valence-corrected chi connectivity index (χ2v) is 8.29. The number of benzene rings is 2. The minimum atomic E-state index is -1.45. The number of hydrogen-bond donors (Lipinski definition) is 4. The van der Waals surface area contributed by atoms with Gasteiger partial charge in [-0.3, -0.25) is 0 Å². The standard InChI is InChI=1S/C23H28F2O5/c1-11(2)19(23-22(29)21(28)20(27)18(10-26)30-23)17-5-4-13(6-12(17)3)14-7-15(24)9-16(25)8-14/h4-9,11,18-23,26-29H,10H2,1-3H3/t18-,19-,20-,21+,22+,23-/m1/s1. The molecule has 164 valence electrons. The molecule has 3 rings (SSSR count). The summed E-state index contributed by atoms with van der Waals surface area (Å²) >= 11 is 0. The molecule has 6 atom stereocenters. The molecule has 4 N–H and O–H groups in total. The Morgan fingerprint density at radius 3 is 2.07 bits per heavy atom. The molecular formula is C23H28F2O5. The predicted molar refractivity (Wildman–Crippen MR) is 108 cm³/mol. The number of aryl methyl sites for hydroxylation is 1. The third-order valence-electron chi connectivity index (χ3n) is 5.83. The van der Waals surface area contributed by atoms with Gasteiger partial charge in [-0.05, 0) is 47.2 Å². The van der Waals surface area contributed by atoms with Gasteiger partial charge in [0, 0.05) is 12.0 Å². The van der Waals surface area contributed by atoms with Crippen molar-refractivity contribution in [2.75, 3.05) is 6.61 Å². The highest BCUT2D eigenvalue weighted by Gasteiger charge is 2.47. The van der Waals surface area contributed by atoms with E-state index in [0.29, 0.717) is 11.1 Å². The lowest BCUT2D eigenvalue weighted by Gasteiger charge is -2.44. The average Bonchev–Trinajstić information content (AvgIpc) is 2.68. The third kappa shape index (κ3) is 4.40. The Morgan fingerprint density at radius 2 is 1.53 bits per heavy atom. The topological polar surface area (TPSA) is 90.2 Å². The largest absolute Gasteiger partial charge is 0.394 e. The number of halogens is 2. The summed E-state index contributed by atoms with van der Waals surface area (Å²) in [5.74, 6) is -1.68. The SMILES string of the molecule is Cc1cc(-c2cc(F)cc(F)c2)ccc1[C@@H](C(C)C)[C@H]1O[C@H](CO)[C@@H](O)[C@H](O)[C@@H]1O. The molecule has 1 heterocycles. The van der Waals surface area contributed by atoms with Crippen LogP contribution in [0.5, 0.6) is 0 Å². The van der Waals surface area contributed by atoms with Crippen LogP contribution in [0.15, 0.2) is 36.4 Å². The van der Waals surface area contributed by atoms with Gasteiger partial charge >= 0.3 is 0 Å². The van der Waals surface area contributed by atoms with Crippen LogP contribution in [-0.2, 0) is 4.74 Å². The van der Waals surface area contributed by atoms with Crippen LogP contribution in [0.4, 0.5) is 8.78 Å². The molecule has 7 heteroatoms. The van der Waals surface area contributed by atoms with E-state index in [-0.39, 0.29) is 11.8 Å². The molecule has 0 spiro atoms. The van der Waals surface area contributed by atoms with Gasteiger partial charge in [-0.1, -0.05) is 32.0 Å². The monoisotopic (exact) mass is 422 g/mol. The Hall–Kier alpha value is -1.90. The lowest BCUT2D eigenvalue weighted by atomic mass is 9.76. The number of aliphatic hydroxyl groups excluding tert-OH is 4. The van der Waals surface area contributed by atoms with Crippen LogP contribution in [-0.4, -0.2) is 57.6 Å². The molecule has 30 heavy (non-hydrogen) atoms. The smallest absolute Gasteiger partial charge is 0.126 e. The molecular weight excluding hydrogens is 394 g/mol. The van der Waals surface area contributed by atoms with E-state index < -0.39 is 48.8 Å². The molecule has 0 unspecified atom stereocenters. The Labute approximate surface area is 174 Å². The van der Waals surface area contributed by atoms with E-state index in [4.69, 9.17) is 4.74 Å². The summed E-state index contributed by atoms with van der Waals surface area (Å²) in [4.78, 5) is 0. The second kappa shape index (κ2) is 9.08. The first-order valence-corrected chi connectivity index (χ1v) is 10.0. The first-order valence-electron chi connectivity index (χ1n) is 10.0. The molecule has 2 aromatic rings. The van der Waals surface area contributed by atoms with Crippen molar-refractivity contribution < 1.29 is 33.9 Å². The van der Waals surface area contributed by atoms with Crippen molar-refractivity contribution in [1.82, 2.24) is 0 Å². The molecule has 2 aromatic carbocycles. The normalized spacial score (nSPS) is 28.0. The highest BCUT2D eigenvalue weighted by Crippen LogP contribution is 2.39. The second-order valence-electron chi connectivity index (χ2n) is 8.29. The molecule has 0 saturated carbocycles. The fraction of sp³-hybridized carbons (Fsp3) is 0.478. The van der Waals surface area contributed by atoms with E-state index in [1.165, 1.54) is 12.1 Å². The van der Waals surface area contributed by atoms with Crippen LogP contribution >= 0.6 is 0 Å². The van der Waals surface area contributed by atoms with Crippen LogP contribution in [0, 0.1) is 24.5 Å². The van der Waals surface area contributed by atoms with E-state index in [2.05, 4.69) is 0 Å². The van der Waals surface area contributed by atoms with E-state index in [0.717, 1.165) is 17.2 Å². The lowest BCUT2D eigenvalue weighted by molar-refractivity contribution is -0.236. The first kappa shape index (κ1) is 22.8. The van der Waals surface area contributed by atoms with Gasteiger partial charge in [-0.15, -0.1) is 0 Å². The molecule has 5 nitrogen and oxygen atoms in total. The average molecular weight is 422 g/mol. The van der Waals surface area contributed by atoms with Crippen molar-refractivity contribution in [3.63, 3.8) is 0 Å². The summed E-state index contributed by atoms with van der Waals surface area (Å²) in [7, 11) is 0. The summed E-state index contributed by atoms with van der Waals surface area (Å²) in [5.41, 5.74) is 2.73. The predicted octanol–water partition coefficient (Wildman–Crippen LogP) is 2.52. The number of ether oxygens (including phenoxy) is 1. The summed E-state index contributed by atoms with van der Waals surface area (Å²) in [5, 5.41) is 40.4. The summed E-state index contributed by atoms with van der Waals surface area (Å²) < 4.78 is 33.0. The van der Waals surface area contributed by atoms with Gasteiger partial charge in [0.15, 0.2) is 0 Å². The zero-order chi connectivity index (χ0) is 22.2. The van der Waals surface area contributed by atoms with Crippen molar-refractivity contribution in [2.24, 2.45) is 5.92 Å². The van der Waals surface area contributed by atoms with Crippen LogP contribution in [0.3, 0.4) is 0 Å². The summed E-state index contributed by atoms with van der Waals surface area (Å²) in [6, 6.07) is 8.71. The number of hydrogen-bond acceptors (Lipinski definition) is 5. The lowest BCUT2D eigenvalue weighted by Crippen LogP contribution is -2.60. The zero-order valence-electron chi connectivity index (χ0n) is 17.2. The van der Waals surface area contributed by atoms with Crippen molar-refractivity contribution in [3.05, 3.63) is 59.2 Å². The summed E-state index contributed by atoms with van der Waals surface area (Å²) in [6.45, 7) is 5.26. The van der Waals surface area contributed by atoms with Crippen LogP contribution in [0.25, 0.3) is 11.1 Å². The molecule has 0 amide bonds. The summed E-state index contributed by atoms with van der Waals surface area (Å²) in [6.07, 6.45) is -6.04. The highest BCUT2D eigenvalue weighted by molar-refractivity contribution is 5.65. The molecule has 1 aliphatic heterocycles. The molecule has 0 aromatic heterocycles. The number of rotatable bonds is 5. The van der Waals surface area contributed by atoms with Gasteiger partial charge in [0.2, 0.25) is 0 Å². The van der Waals surface area contributed by atoms with Crippen molar-refractivity contribution in [2.45, 2.75) is 57.2 Å². The quantitative estimate of drug-likeness (QED) is 0.595. The maximum absolute atomic E-state index is 13.6. The first-order chi connectivity index (χ1) is 14.1. The van der Waals surface area contributed by atoms with Gasteiger partial charge in [0.05, 0.1) is 12.7 Å². The minimum Gasteiger partial charge on any atom is -0.394 e. The van der Waals surface area contributed by atoms with Crippen LogP contribution < -0.4 is 0 Å². The zero-order valence-corrected chi connectivity index (χ0v) is 17.2. The van der Waals surface area contributed by atoms with Crippen molar-refractivity contribution >= 4 is 0 Å². The molecule has 1 saturated heterocycles. The van der Waals surface area contributed by atoms with Crippen molar-refractivity contribution in [3.8, 4) is 11.1 Å². The Kier molecular flexibility index (Phi) is 6.89. The maximum Gasteiger partial charge on any atom is 0.126 e. The van der Waals surface area contributed by atoms with E-state index in [1.807, 2.05) is 32.9 Å². The van der Waals surface area contributed by atoms with Crippen LogP contribution in [0.1, 0.15) is 30.9 Å². The molecule has 0 radical (unpaired) electrons. The molecule has 1 fully saturated rings. The molecule has 0 aliphatic carbocycles.